The summed E-state index contributed by atoms with van der Waals surface area (Å²) in [5, 5.41) is 11.4. The molecule has 9 heteroatoms. The number of methoxy groups -OCH3 is 1. The minimum atomic E-state index is -0.622. The molecule has 0 spiro atoms. The Bertz CT molecular complexity index is 972. The van der Waals surface area contributed by atoms with E-state index in [2.05, 4.69) is 4.74 Å². The normalized spacial score (nSPS) is 10.6. The second-order valence-corrected chi connectivity index (χ2v) is 6.01. The summed E-state index contributed by atoms with van der Waals surface area (Å²) in [5.41, 5.74) is -0.0452. The monoisotopic (exact) mass is 361 g/mol. The summed E-state index contributed by atoms with van der Waals surface area (Å²) in [5.74, 6) is -0.892. The Balaban J connectivity index is 1.70. The lowest BCUT2D eigenvalue weighted by atomic mass is 10.2. The van der Waals surface area contributed by atoms with Crippen LogP contribution in [0.15, 0.2) is 40.8 Å². The molecular formula is C16H11NO7S. The van der Waals surface area contributed by atoms with E-state index >= 15 is 0 Å². The fourth-order valence-corrected chi connectivity index (χ4v) is 3.06. The number of thiophene rings is 1. The van der Waals surface area contributed by atoms with Gasteiger partial charge in [-0.25, -0.2) is 9.59 Å². The first-order valence-corrected chi connectivity index (χ1v) is 7.81. The molecule has 0 atom stereocenters. The number of carbonyl (C=O) groups is 2. The van der Waals surface area contributed by atoms with Crippen molar-refractivity contribution in [3.63, 3.8) is 0 Å². The van der Waals surface area contributed by atoms with E-state index in [-0.39, 0.29) is 18.1 Å². The SMILES string of the molecule is COC(=O)c1ccc(COC(=O)c2cc3cc([N+](=O)[O-])ccc3s2)o1. The lowest BCUT2D eigenvalue weighted by molar-refractivity contribution is -0.384. The van der Waals surface area contributed by atoms with Gasteiger partial charge in [0.25, 0.3) is 5.69 Å². The molecule has 3 rings (SSSR count). The van der Waals surface area contributed by atoms with Gasteiger partial charge in [-0.1, -0.05) is 0 Å². The maximum Gasteiger partial charge on any atom is 0.373 e. The zero-order chi connectivity index (χ0) is 18.0. The Morgan fingerprint density at radius 1 is 1.20 bits per heavy atom. The highest BCUT2D eigenvalue weighted by atomic mass is 32.1. The molecule has 0 aliphatic rings. The van der Waals surface area contributed by atoms with Crippen molar-refractivity contribution in [2.45, 2.75) is 6.61 Å². The topological polar surface area (TPSA) is 109 Å². The number of hydrogen-bond acceptors (Lipinski definition) is 8. The number of carbonyl (C=O) groups excluding carboxylic acids is 2. The first kappa shape index (κ1) is 16.7. The number of nitrogens with zero attached hydrogens (tertiary/aromatic N) is 1. The van der Waals surface area contributed by atoms with Crippen LogP contribution in [0.5, 0.6) is 0 Å². The van der Waals surface area contributed by atoms with Crippen molar-refractivity contribution in [3.8, 4) is 0 Å². The Hall–Kier alpha value is -3.20. The number of nitro groups is 1. The van der Waals surface area contributed by atoms with Gasteiger partial charge in [0.1, 0.15) is 17.2 Å². The molecule has 3 aromatic rings. The van der Waals surface area contributed by atoms with Crippen molar-refractivity contribution in [3.05, 3.63) is 62.9 Å². The van der Waals surface area contributed by atoms with Crippen LogP contribution in [0.1, 0.15) is 26.0 Å². The predicted octanol–water partition coefficient (Wildman–Crippen LogP) is 3.55. The van der Waals surface area contributed by atoms with E-state index in [0.717, 1.165) is 4.70 Å². The summed E-state index contributed by atoms with van der Waals surface area (Å²) in [6.45, 7) is -0.149. The molecule has 25 heavy (non-hydrogen) atoms. The van der Waals surface area contributed by atoms with Gasteiger partial charge in [0, 0.05) is 22.2 Å². The van der Waals surface area contributed by atoms with Crippen LogP contribution >= 0.6 is 11.3 Å². The van der Waals surface area contributed by atoms with E-state index in [1.165, 1.54) is 48.8 Å². The fraction of sp³-hybridized carbons (Fsp3) is 0.125. The molecule has 0 unspecified atom stereocenters. The lowest BCUT2D eigenvalue weighted by Gasteiger charge is -2.00. The second kappa shape index (κ2) is 6.73. The van der Waals surface area contributed by atoms with Crippen LogP contribution < -0.4 is 0 Å². The van der Waals surface area contributed by atoms with Crippen LogP contribution in [-0.4, -0.2) is 24.0 Å². The molecule has 0 bridgehead atoms. The molecule has 0 aliphatic heterocycles. The maximum absolute atomic E-state index is 12.1. The van der Waals surface area contributed by atoms with Crippen LogP contribution in [0.2, 0.25) is 0 Å². The summed E-state index contributed by atoms with van der Waals surface area (Å²) in [6.07, 6.45) is 0. The number of non-ortho nitro benzene ring substituents is 1. The fourth-order valence-electron chi connectivity index (χ4n) is 2.12. The van der Waals surface area contributed by atoms with Crippen molar-refractivity contribution in [1.29, 1.82) is 0 Å². The quantitative estimate of drug-likeness (QED) is 0.388. The highest BCUT2D eigenvalue weighted by Gasteiger charge is 2.16. The van der Waals surface area contributed by atoms with Gasteiger partial charge < -0.3 is 13.9 Å². The molecule has 0 saturated carbocycles. The van der Waals surface area contributed by atoms with Crippen LogP contribution in [0.3, 0.4) is 0 Å². The Labute approximate surface area is 144 Å². The average Bonchev–Trinajstić information content (AvgIpc) is 3.24. The van der Waals surface area contributed by atoms with Crippen molar-refractivity contribution in [2.24, 2.45) is 0 Å². The summed E-state index contributed by atoms with van der Waals surface area (Å²) in [4.78, 5) is 34.0. The Kier molecular flexibility index (Phi) is 4.48. The predicted molar refractivity (Wildman–Crippen MR) is 87.6 cm³/mol. The molecule has 1 aromatic carbocycles. The van der Waals surface area contributed by atoms with Crippen molar-refractivity contribution in [2.75, 3.05) is 7.11 Å². The summed E-state index contributed by atoms with van der Waals surface area (Å²) >= 11 is 1.17. The molecular weight excluding hydrogens is 350 g/mol. The number of fused-ring (bicyclic) bond motifs is 1. The number of ether oxygens (including phenoxy) is 2. The van der Waals surface area contributed by atoms with Gasteiger partial charge in [-0.15, -0.1) is 11.3 Å². The molecule has 0 aliphatic carbocycles. The van der Waals surface area contributed by atoms with Gasteiger partial charge in [0.2, 0.25) is 5.76 Å². The van der Waals surface area contributed by atoms with Gasteiger partial charge >= 0.3 is 11.9 Å². The van der Waals surface area contributed by atoms with Crippen molar-refractivity contribution in [1.82, 2.24) is 0 Å². The molecule has 0 N–H and O–H groups in total. The number of nitro benzene ring substituents is 1. The summed E-state index contributed by atoms with van der Waals surface area (Å²) in [7, 11) is 1.23. The van der Waals surface area contributed by atoms with Crippen molar-refractivity contribution < 1.29 is 28.4 Å². The maximum atomic E-state index is 12.1. The molecule has 0 saturated heterocycles. The van der Waals surface area contributed by atoms with Crippen molar-refractivity contribution >= 4 is 39.0 Å². The van der Waals surface area contributed by atoms with Gasteiger partial charge in [-0.2, -0.15) is 0 Å². The highest BCUT2D eigenvalue weighted by Crippen LogP contribution is 2.29. The summed E-state index contributed by atoms with van der Waals surface area (Å²) in [6, 6.07) is 8.84. The van der Waals surface area contributed by atoms with Gasteiger partial charge in [0.05, 0.1) is 12.0 Å². The van der Waals surface area contributed by atoms with E-state index in [9.17, 15) is 19.7 Å². The zero-order valence-electron chi connectivity index (χ0n) is 12.9. The van der Waals surface area contributed by atoms with Crippen LogP contribution in [0, 0.1) is 10.1 Å². The van der Waals surface area contributed by atoms with Crippen LogP contribution in [0.25, 0.3) is 10.1 Å². The van der Waals surface area contributed by atoms with Gasteiger partial charge in [0.15, 0.2) is 0 Å². The number of hydrogen-bond donors (Lipinski definition) is 0. The smallest absolute Gasteiger partial charge is 0.373 e. The number of esters is 2. The minimum Gasteiger partial charge on any atom is -0.463 e. The standard InChI is InChI=1S/C16H11NO7S/c1-22-15(18)12-4-3-11(24-12)8-23-16(19)14-7-9-6-10(17(20)21)2-5-13(9)25-14/h2-7H,8H2,1H3. The van der Waals surface area contributed by atoms with Gasteiger partial charge in [-0.3, -0.25) is 10.1 Å². The second-order valence-electron chi connectivity index (χ2n) is 4.92. The molecule has 2 aromatic heterocycles. The third-order valence-corrected chi connectivity index (χ3v) is 4.40. The Morgan fingerprint density at radius 2 is 2.00 bits per heavy atom. The van der Waals surface area contributed by atoms with Crippen LogP contribution in [0.4, 0.5) is 5.69 Å². The van der Waals surface area contributed by atoms with Gasteiger partial charge in [-0.05, 0) is 24.3 Å². The highest BCUT2D eigenvalue weighted by molar-refractivity contribution is 7.20. The molecule has 128 valence electrons. The zero-order valence-corrected chi connectivity index (χ0v) is 13.7. The van der Waals surface area contributed by atoms with E-state index in [1.807, 2.05) is 0 Å². The third-order valence-electron chi connectivity index (χ3n) is 3.31. The van der Waals surface area contributed by atoms with E-state index in [1.54, 1.807) is 6.07 Å². The molecule has 0 fully saturated rings. The molecule has 0 radical (unpaired) electrons. The number of benzene rings is 1. The lowest BCUT2D eigenvalue weighted by Crippen LogP contribution is -2.02. The average molecular weight is 361 g/mol. The Morgan fingerprint density at radius 3 is 2.72 bits per heavy atom. The molecule has 0 amide bonds. The van der Waals surface area contributed by atoms with E-state index in [0.29, 0.717) is 16.0 Å². The van der Waals surface area contributed by atoms with Crippen LogP contribution in [-0.2, 0) is 16.1 Å². The third kappa shape index (κ3) is 3.50. The number of furan rings is 1. The largest absolute Gasteiger partial charge is 0.463 e. The first-order valence-electron chi connectivity index (χ1n) is 7.00. The van der Waals surface area contributed by atoms with E-state index < -0.39 is 16.9 Å². The molecule has 8 nitrogen and oxygen atoms in total. The van der Waals surface area contributed by atoms with E-state index in [4.69, 9.17) is 9.15 Å². The first-order chi connectivity index (χ1) is 12.0. The molecule has 2 heterocycles. The summed E-state index contributed by atoms with van der Waals surface area (Å²) < 4.78 is 15.6. The number of rotatable bonds is 5. The minimum absolute atomic E-state index is 0.0164.